The summed E-state index contributed by atoms with van der Waals surface area (Å²) in [7, 11) is 3.09. The molecule has 3 aliphatic carbocycles. The lowest BCUT2D eigenvalue weighted by atomic mass is 9.57. The van der Waals surface area contributed by atoms with Crippen molar-refractivity contribution in [2.24, 2.45) is 17.6 Å². The van der Waals surface area contributed by atoms with Crippen LogP contribution in [-0.4, -0.2) is 87.0 Å². The Morgan fingerprint density at radius 3 is 2.39 bits per heavy atom. The standard InChI is InChI=1S/C31H33ClN4O8/c1-36(2)24-19-13-15-12-18-17(14-4-6-16(7-5-14)35-30(43)34-11-3-10-32)8-9-20(37)22(18)25(38)21(15)27(40)31(19,44)28(41)23(26(24)39)29(33)42/h4-9,15,19,24,37-38,41,44H,3,10-13H2,1-2H3,(H2,33,42)(H2,34,35,43)/t15-,19-,24-,31-/m0/s1. The number of nitrogens with one attached hydrogen (secondary N) is 2. The third-order valence-electron chi connectivity index (χ3n) is 8.65. The molecule has 3 amide bonds. The summed E-state index contributed by atoms with van der Waals surface area (Å²) in [5, 5.41) is 50.4. The fourth-order valence-electron chi connectivity index (χ4n) is 6.69. The minimum atomic E-state index is -2.70. The van der Waals surface area contributed by atoms with Gasteiger partial charge in [-0.2, -0.15) is 0 Å². The van der Waals surface area contributed by atoms with Crippen LogP contribution in [0.3, 0.4) is 0 Å². The molecule has 13 heteroatoms. The van der Waals surface area contributed by atoms with Gasteiger partial charge >= 0.3 is 6.03 Å². The molecule has 1 saturated carbocycles. The molecule has 0 aromatic heterocycles. The molecule has 44 heavy (non-hydrogen) atoms. The number of urea groups is 1. The molecule has 0 saturated heterocycles. The Labute approximate surface area is 257 Å². The highest BCUT2D eigenvalue weighted by Gasteiger charge is 2.64. The van der Waals surface area contributed by atoms with Gasteiger partial charge in [-0.15, -0.1) is 11.6 Å². The molecule has 0 unspecified atom stereocenters. The number of rotatable bonds is 7. The molecular weight excluding hydrogens is 592 g/mol. The van der Waals surface area contributed by atoms with Gasteiger partial charge in [-0.1, -0.05) is 18.2 Å². The zero-order chi connectivity index (χ0) is 32.1. The number of hydrogen-bond acceptors (Lipinski definition) is 9. The summed E-state index contributed by atoms with van der Waals surface area (Å²) in [6.07, 6.45) is 0.775. The van der Waals surface area contributed by atoms with Gasteiger partial charge in [-0.05, 0) is 74.2 Å². The summed E-state index contributed by atoms with van der Waals surface area (Å²) >= 11 is 5.64. The van der Waals surface area contributed by atoms with E-state index >= 15 is 0 Å². The third-order valence-corrected chi connectivity index (χ3v) is 8.92. The zero-order valence-electron chi connectivity index (χ0n) is 24.1. The van der Waals surface area contributed by atoms with Gasteiger partial charge in [0.25, 0.3) is 5.91 Å². The largest absolute Gasteiger partial charge is 0.508 e. The molecule has 2 aromatic carbocycles. The second-order valence-corrected chi connectivity index (χ2v) is 11.8. The van der Waals surface area contributed by atoms with E-state index in [0.29, 0.717) is 41.2 Å². The number of fused-ring (bicyclic) bond motifs is 3. The van der Waals surface area contributed by atoms with Crippen molar-refractivity contribution in [1.82, 2.24) is 10.2 Å². The van der Waals surface area contributed by atoms with Gasteiger partial charge in [0.1, 0.15) is 22.8 Å². The average Bonchev–Trinajstić information content (AvgIpc) is 2.95. The maximum absolute atomic E-state index is 14.0. The minimum Gasteiger partial charge on any atom is -0.508 e. The molecule has 5 rings (SSSR count). The lowest BCUT2D eigenvalue weighted by molar-refractivity contribution is -0.153. The van der Waals surface area contributed by atoms with Crippen molar-refractivity contribution >= 4 is 46.6 Å². The highest BCUT2D eigenvalue weighted by atomic mass is 35.5. The van der Waals surface area contributed by atoms with Crippen LogP contribution in [0, 0.1) is 11.8 Å². The number of halogens is 1. The average molecular weight is 625 g/mol. The monoisotopic (exact) mass is 624 g/mol. The van der Waals surface area contributed by atoms with Crippen LogP contribution in [0.2, 0.25) is 0 Å². The van der Waals surface area contributed by atoms with Crippen LogP contribution in [0.4, 0.5) is 10.5 Å². The van der Waals surface area contributed by atoms with Crippen molar-refractivity contribution in [1.29, 1.82) is 0 Å². The van der Waals surface area contributed by atoms with Gasteiger partial charge in [0.15, 0.2) is 11.4 Å². The zero-order valence-corrected chi connectivity index (χ0v) is 24.8. The highest BCUT2D eigenvalue weighted by Crippen LogP contribution is 2.53. The van der Waals surface area contributed by atoms with E-state index < -0.39 is 58.0 Å². The maximum Gasteiger partial charge on any atom is 0.319 e. The summed E-state index contributed by atoms with van der Waals surface area (Å²) in [6, 6.07) is 8.43. The quantitative estimate of drug-likeness (QED) is 0.137. The number of Topliss-reactive ketones (excluding diaryl/α,β-unsaturated/α-hetero) is 2. The highest BCUT2D eigenvalue weighted by molar-refractivity contribution is 6.24. The van der Waals surface area contributed by atoms with Crippen LogP contribution in [0.5, 0.6) is 5.75 Å². The molecule has 2 aromatic rings. The predicted molar refractivity (Wildman–Crippen MR) is 162 cm³/mol. The van der Waals surface area contributed by atoms with Crippen molar-refractivity contribution in [2.45, 2.75) is 30.9 Å². The Morgan fingerprint density at radius 1 is 1.09 bits per heavy atom. The summed E-state index contributed by atoms with van der Waals surface area (Å²) < 4.78 is 0. The number of amides is 3. The molecule has 12 nitrogen and oxygen atoms in total. The first kappa shape index (κ1) is 31.0. The van der Waals surface area contributed by atoms with E-state index in [1.54, 1.807) is 44.4 Å². The summed E-state index contributed by atoms with van der Waals surface area (Å²) in [5.41, 5.74) is 4.02. The van der Waals surface area contributed by atoms with Gasteiger partial charge in [0, 0.05) is 29.6 Å². The number of ketones is 2. The number of phenolic OH excluding ortho intramolecular Hbond substituents is 1. The fourth-order valence-corrected chi connectivity index (χ4v) is 6.83. The molecular formula is C31H33ClN4O8. The summed E-state index contributed by atoms with van der Waals surface area (Å²) in [6.45, 7) is 0.430. The van der Waals surface area contributed by atoms with Crippen LogP contribution in [0.25, 0.3) is 16.9 Å². The minimum absolute atomic E-state index is 0.000315. The number of alkyl halides is 1. The fraction of sp³-hybridized carbons (Fsp3) is 0.355. The van der Waals surface area contributed by atoms with Crippen molar-refractivity contribution in [3.05, 3.63) is 64.4 Å². The van der Waals surface area contributed by atoms with E-state index in [4.69, 9.17) is 17.3 Å². The van der Waals surface area contributed by atoms with Crippen LogP contribution in [0.1, 0.15) is 24.0 Å². The van der Waals surface area contributed by atoms with Gasteiger partial charge in [0.2, 0.25) is 5.78 Å². The van der Waals surface area contributed by atoms with Crippen molar-refractivity contribution < 1.29 is 39.6 Å². The summed E-state index contributed by atoms with van der Waals surface area (Å²) in [4.78, 5) is 53.0. The number of aromatic hydroxyl groups is 1. The van der Waals surface area contributed by atoms with Gasteiger partial charge in [-0.3, -0.25) is 19.3 Å². The number of likely N-dealkylation sites (N-methyl/N-ethyl adjacent to an activating group) is 1. The van der Waals surface area contributed by atoms with E-state index in [1.165, 1.54) is 11.0 Å². The van der Waals surface area contributed by atoms with Crippen molar-refractivity contribution in [3.63, 3.8) is 0 Å². The number of aliphatic hydroxyl groups is 3. The number of aliphatic hydroxyl groups excluding tert-OH is 2. The van der Waals surface area contributed by atoms with Crippen LogP contribution in [-0.2, 0) is 20.8 Å². The molecule has 1 fully saturated rings. The second kappa shape index (κ2) is 11.6. The topological polar surface area (TPSA) is 203 Å². The number of carbonyl (C=O) groups excluding carboxylic acids is 4. The number of primary amides is 1. The third kappa shape index (κ3) is 4.88. The number of nitrogens with zero attached hydrogens (tertiary/aromatic N) is 1. The molecule has 8 N–H and O–H groups in total. The number of benzene rings is 2. The van der Waals surface area contributed by atoms with E-state index in [2.05, 4.69) is 10.6 Å². The Morgan fingerprint density at radius 2 is 1.77 bits per heavy atom. The number of carbonyl (C=O) groups is 4. The smallest absolute Gasteiger partial charge is 0.319 e. The lowest BCUT2D eigenvalue weighted by Gasteiger charge is -2.50. The Bertz CT molecular complexity index is 1630. The first-order valence-corrected chi connectivity index (χ1v) is 14.6. The van der Waals surface area contributed by atoms with Crippen LogP contribution >= 0.6 is 11.6 Å². The number of nitrogens with two attached hydrogens (primary N) is 1. The maximum atomic E-state index is 14.0. The molecule has 4 atom stereocenters. The molecule has 3 aliphatic rings. The first-order chi connectivity index (χ1) is 20.8. The molecule has 0 bridgehead atoms. The Kier molecular flexibility index (Phi) is 8.19. The van der Waals surface area contributed by atoms with E-state index in [9.17, 15) is 39.6 Å². The molecule has 232 valence electrons. The van der Waals surface area contributed by atoms with Gasteiger partial charge in [0.05, 0.1) is 11.6 Å². The lowest BCUT2D eigenvalue weighted by Crippen LogP contribution is -2.65. The van der Waals surface area contributed by atoms with Crippen molar-refractivity contribution in [2.75, 3.05) is 31.8 Å². The molecule has 0 spiro atoms. The van der Waals surface area contributed by atoms with E-state index in [1.807, 2.05) is 0 Å². The second-order valence-electron chi connectivity index (χ2n) is 11.4. The predicted octanol–water partition coefficient (Wildman–Crippen LogP) is 2.38. The Balaban J connectivity index is 1.56. The molecule has 0 heterocycles. The van der Waals surface area contributed by atoms with E-state index in [-0.39, 0.29) is 35.8 Å². The van der Waals surface area contributed by atoms with Crippen molar-refractivity contribution in [3.8, 4) is 16.9 Å². The number of hydrogen-bond donors (Lipinski definition) is 7. The number of anilines is 1. The molecule has 0 aliphatic heterocycles. The Hall–Kier alpha value is -4.39. The normalized spacial score (nSPS) is 24.5. The summed E-state index contributed by atoms with van der Waals surface area (Å²) in [5.74, 6) is -6.59. The van der Waals surface area contributed by atoms with Gasteiger partial charge in [-0.25, -0.2) is 4.79 Å². The van der Waals surface area contributed by atoms with Crippen LogP contribution < -0.4 is 16.4 Å². The number of phenols is 1. The van der Waals surface area contributed by atoms with Crippen LogP contribution in [0.15, 0.2) is 53.3 Å². The van der Waals surface area contributed by atoms with Gasteiger partial charge < -0.3 is 36.8 Å². The SMILES string of the molecule is CN(C)[C@@H]1C(=O)C(C(N)=O)=C(O)[C@@]2(O)C(=O)C3=C(O)c4c(O)ccc(-c5ccc(NC(=O)NCCCCl)cc5)c4C[C@H]3C[C@@H]12. The first-order valence-electron chi connectivity index (χ1n) is 14.0. The van der Waals surface area contributed by atoms with E-state index in [0.717, 1.165) is 0 Å². The molecule has 0 radical (unpaired) electrons.